The number of rotatable bonds is 12. The molecule has 0 aromatic heterocycles. The standard InChI is InChI=1S/C27H38N2O3/c1-6-24(27(31)28-18-20(2)3)29(17-16-22-12-8-7-9-13-22)26(30)19-32-25-15-11-10-14-23(25)21(4)5/h7-15,20-21,24H,6,16-19H2,1-5H3,(H,28,31). The van der Waals surface area contributed by atoms with Gasteiger partial charge in [-0.25, -0.2) is 0 Å². The lowest BCUT2D eigenvalue weighted by Crippen LogP contribution is -2.51. The van der Waals surface area contributed by atoms with Crippen molar-refractivity contribution < 1.29 is 14.3 Å². The minimum atomic E-state index is -0.520. The first-order valence-electron chi connectivity index (χ1n) is 11.7. The zero-order valence-electron chi connectivity index (χ0n) is 20.1. The van der Waals surface area contributed by atoms with Gasteiger partial charge in [0, 0.05) is 13.1 Å². The Hall–Kier alpha value is -2.82. The van der Waals surface area contributed by atoms with E-state index in [1.165, 1.54) is 0 Å². The molecule has 2 rings (SSSR count). The molecule has 0 saturated heterocycles. The van der Waals surface area contributed by atoms with E-state index in [4.69, 9.17) is 4.74 Å². The highest BCUT2D eigenvalue weighted by molar-refractivity contribution is 5.88. The van der Waals surface area contributed by atoms with E-state index in [-0.39, 0.29) is 18.4 Å². The van der Waals surface area contributed by atoms with E-state index in [1.54, 1.807) is 4.90 Å². The van der Waals surface area contributed by atoms with Crippen LogP contribution in [0.25, 0.3) is 0 Å². The lowest BCUT2D eigenvalue weighted by atomic mass is 10.0. The second kappa shape index (κ2) is 12.9. The highest BCUT2D eigenvalue weighted by Gasteiger charge is 2.28. The van der Waals surface area contributed by atoms with Crippen LogP contribution in [0.15, 0.2) is 54.6 Å². The van der Waals surface area contributed by atoms with Crippen molar-refractivity contribution in [3.8, 4) is 5.75 Å². The quantitative estimate of drug-likeness (QED) is 0.517. The van der Waals surface area contributed by atoms with Gasteiger partial charge in [-0.2, -0.15) is 0 Å². The average molecular weight is 439 g/mol. The average Bonchev–Trinajstić information content (AvgIpc) is 2.79. The molecule has 2 amide bonds. The SMILES string of the molecule is CCC(C(=O)NCC(C)C)N(CCc1ccccc1)C(=O)COc1ccccc1C(C)C. The highest BCUT2D eigenvalue weighted by Crippen LogP contribution is 2.26. The minimum absolute atomic E-state index is 0.0908. The van der Waals surface area contributed by atoms with Gasteiger partial charge in [0.2, 0.25) is 5.91 Å². The molecule has 0 bridgehead atoms. The molecule has 2 aromatic carbocycles. The van der Waals surface area contributed by atoms with Crippen LogP contribution in [-0.4, -0.2) is 42.5 Å². The maximum atomic E-state index is 13.3. The summed E-state index contributed by atoms with van der Waals surface area (Å²) in [6.45, 7) is 11.2. The third kappa shape index (κ3) is 7.70. The molecule has 1 unspecified atom stereocenters. The van der Waals surface area contributed by atoms with E-state index in [0.717, 1.165) is 16.9 Å². The first-order valence-corrected chi connectivity index (χ1v) is 11.7. The van der Waals surface area contributed by atoms with Crippen LogP contribution in [0.3, 0.4) is 0 Å². The lowest BCUT2D eigenvalue weighted by Gasteiger charge is -2.31. The molecule has 5 nitrogen and oxygen atoms in total. The number of amides is 2. The summed E-state index contributed by atoms with van der Waals surface area (Å²) < 4.78 is 5.94. The molecule has 0 radical (unpaired) electrons. The Morgan fingerprint density at radius 2 is 1.62 bits per heavy atom. The van der Waals surface area contributed by atoms with Gasteiger partial charge in [-0.05, 0) is 41.9 Å². The van der Waals surface area contributed by atoms with E-state index < -0.39 is 6.04 Å². The molecular weight excluding hydrogens is 400 g/mol. The molecule has 0 aliphatic carbocycles. The van der Waals surface area contributed by atoms with Gasteiger partial charge in [-0.15, -0.1) is 0 Å². The van der Waals surface area contributed by atoms with Crippen molar-refractivity contribution >= 4 is 11.8 Å². The molecule has 0 fully saturated rings. The Morgan fingerprint density at radius 1 is 0.969 bits per heavy atom. The van der Waals surface area contributed by atoms with E-state index in [1.807, 2.05) is 61.5 Å². The Morgan fingerprint density at radius 3 is 2.25 bits per heavy atom. The zero-order chi connectivity index (χ0) is 23.5. The monoisotopic (exact) mass is 438 g/mol. The number of ether oxygens (including phenoxy) is 1. The molecule has 32 heavy (non-hydrogen) atoms. The summed E-state index contributed by atoms with van der Waals surface area (Å²) in [7, 11) is 0. The molecule has 1 N–H and O–H groups in total. The summed E-state index contributed by atoms with van der Waals surface area (Å²) >= 11 is 0. The van der Waals surface area contributed by atoms with Crippen LogP contribution in [0.4, 0.5) is 0 Å². The van der Waals surface area contributed by atoms with Gasteiger partial charge in [0.1, 0.15) is 11.8 Å². The summed E-state index contributed by atoms with van der Waals surface area (Å²) in [6.07, 6.45) is 1.23. The number of benzene rings is 2. The predicted octanol–water partition coefficient (Wildman–Crippen LogP) is 4.81. The van der Waals surface area contributed by atoms with Crippen molar-refractivity contribution in [2.75, 3.05) is 19.7 Å². The fourth-order valence-corrected chi connectivity index (χ4v) is 3.63. The summed E-state index contributed by atoms with van der Waals surface area (Å²) in [5, 5.41) is 2.99. The smallest absolute Gasteiger partial charge is 0.261 e. The number of carbonyl (C=O) groups is 2. The van der Waals surface area contributed by atoms with Crippen molar-refractivity contribution in [1.82, 2.24) is 10.2 Å². The van der Waals surface area contributed by atoms with Crippen molar-refractivity contribution in [3.63, 3.8) is 0 Å². The van der Waals surface area contributed by atoms with Crippen LogP contribution in [0, 0.1) is 5.92 Å². The van der Waals surface area contributed by atoms with E-state index in [2.05, 4.69) is 33.0 Å². The highest BCUT2D eigenvalue weighted by atomic mass is 16.5. The van der Waals surface area contributed by atoms with Crippen LogP contribution in [0.1, 0.15) is 58.1 Å². The normalized spacial score (nSPS) is 12.0. The third-order valence-corrected chi connectivity index (χ3v) is 5.45. The van der Waals surface area contributed by atoms with Gasteiger partial charge < -0.3 is 15.0 Å². The number of hydrogen-bond donors (Lipinski definition) is 1. The van der Waals surface area contributed by atoms with Gasteiger partial charge in [0.25, 0.3) is 5.91 Å². The molecule has 0 saturated carbocycles. The molecular formula is C27H38N2O3. The molecule has 0 aliphatic heterocycles. The van der Waals surface area contributed by atoms with Crippen LogP contribution < -0.4 is 10.1 Å². The Kier molecular flexibility index (Phi) is 10.3. The van der Waals surface area contributed by atoms with Crippen LogP contribution in [0.2, 0.25) is 0 Å². The number of para-hydroxylation sites is 1. The molecule has 0 aliphatic rings. The van der Waals surface area contributed by atoms with E-state index >= 15 is 0 Å². The maximum Gasteiger partial charge on any atom is 0.261 e. The fourth-order valence-electron chi connectivity index (χ4n) is 3.63. The molecule has 174 valence electrons. The van der Waals surface area contributed by atoms with E-state index in [0.29, 0.717) is 37.8 Å². The lowest BCUT2D eigenvalue weighted by molar-refractivity contribution is -0.142. The predicted molar refractivity (Wildman–Crippen MR) is 130 cm³/mol. The fraction of sp³-hybridized carbons (Fsp3) is 0.481. The van der Waals surface area contributed by atoms with Crippen molar-refractivity contribution in [3.05, 3.63) is 65.7 Å². The second-order valence-electron chi connectivity index (χ2n) is 8.87. The molecule has 5 heteroatoms. The zero-order valence-corrected chi connectivity index (χ0v) is 20.1. The first kappa shape index (κ1) is 25.4. The van der Waals surface area contributed by atoms with Crippen molar-refractivity contribution in [2.24, 2.45) is 5.92 Å². The van der Waals surface area contributed by atoms with Crippen molar-refractivity contribution in [2.45, 2.75) is 59.4 Å². The van der Waals surface area contributed by atoms with Crippen LogP contribution >= 0.6 is 0 Å². The number of nitrogens with zero attached hydrogens (tertiary/aromatic N) is 1. The van der Waals surface area contributed by atoms with Gasteiger partial charge in [0.05, 0.1) is 0 Å². The second-order valence-corrected chi connectivity index (χ2v) is 8.87. The van der Waals surface area contributed by atoms with E-state index in [9.17, 15) is 9.59 Å². The molecule has 2 aromatic rings. The Labute approximate surface area is 193 Å². The van der Waals surface area contributed by atoms with Crippen LogP contribution in [0.5, 0.6) is 5.75 Å². The summed E-state index contributed by atoms with van der Waals surface area (Å²) in [5.41, 5.74) is 2.20. The van der Waals surface area contributed by atoms with Crippen molar-refractivity contribution in [1.29, 1.82) is 0 Å². The van der Waals surface area contributed by atoms with Gasteiger partial charge in [0.15, 0.2) is 6.61 Å². The minimum Gasteiger partial charge on any atom is -0.483 e. The summed E-state index contributed by atoms with van der Waals surface area (Å²) in [6, 6.07) is 17.3. The Bertz CT molecular complexity index is 849. The van der Waals surface area contributed by atoms with Crippen LogP contribution in [-0.2, 0) is 16.0 Å². The number of carbonyl (C=O) groups excluding carboxylic acids is 2. The third-order valence-electron chi connectivity index (χ3n) is 5.45. The molecule has 0 spiro atoms. The summed E-state index contributed by atoms with van der Waals surface area (Å²) in [5.74, 6) is 1.08. The summed E-state index contributed by atoms with van der Waals surface area (Å²) in [4.78, 5) is 27.9. The van der Waals surface area contributed by atoms with Gasteiger partial charge >= 0.3 is 0 Å². The first-order chi connectivity index (χ1) is 15.3. The largest absolute Gasteiger partial charge is 0.483 e. The number of hydrogen-bond acceptors (Lipinski definition) is 3. The maximum absolute atomic E-state index is 13.3. The number of nitrogens with one attached hydrogen (secondary N) is 1. The topological polar surface area (TPSA) is 58.6 Å². The molecule has 1 atom stereocenters. The van der Waals surface area contributed by atoms with Gasteiger partial charge in [-0.3, -0.25) is 9.59 Å². The molecule has 0 heterocycles. The Balaban J connectivity index is 2.16. The van der Waals surface area contributed by atoms with Gasteiger partial charge in [-0.1, -0.05) is 83.1 Å².